The average molecular weight is 2800 g/mol. The van der Waals surface area contributed by atoms with Crippen LogP contribution in [0.1, 0.15) is 74.4 Å². The summed E-state index contributed by atoms with van der Waals surface area (Å²) in [7, 11) is -0.545. The van der Waals surface area contributed by atoms with E-state index in [1.54, 1.807) is 55.2 Å². The molecule has 0 saturated heterocycles. The number of fused-ring (bicyclic) bond motifs is 2. The van der Waals surface area contributed by atoms with Crippen LogP contribution in [0, 0.1) is 37.6 Å². The molecule has 10 aromatic carbocycles. The maximum atomic E-state index is 12.2. The maximum Gasteiger partial charge on any atom is 2.00 e. The standard InChI is InChI=1S/C20H17N2.C20H13N2.C13H13P.C13H11.C11H8N.C10H8N2.C9H6F3N4.C9H6NS.2C5H8O2.3Ir.Os.Pt/c2*1-3-9-15(10-4-1)19-20(16-11-5-2-6-12-16)22-18-14-8-7-13-17(18)21-19;1-14(12-8-4-2-5-9-12)13-10-6-3-7-11-13;1-3-7-12(8-4-1)11-13-9-5-2-6-10-13;1-2-6-10(7-3-1)11-8-4-5-9-12-11;1-3-7-11-9(5-1)10-6-2-4-8-12-10;1-5-2-3-13-6(4-5)7-14-8(16-15-7)9(10,11)12;1-2-6-10-8(4-1)9-5-3-7-11-9;2*1-4(6)3-5(2)7;;;;;/h1-6,9-11H,7-8,13-14H2;1-11,13-14H;2-11H,1H3;1-11H;1-6,8-9H;1-8H;2-4H,1H3;1-4,6-7H;2*3,6H,1-2H3;;;;;/q2*-1;;2*-1;;2*-1;;;;;;+2;/p+1. The van der Waals surface area contributed by atoms with Gasteiger partial charge in [-0.2, -0.15) is 25.3 Å². The fourth-order valence-electron chi connectivity index (χ4n) is 13.1. The van der Waals surface area contributed by atoms with Gasteiger partial charge in [0.25, 0.3) is 0 Å². The number of carbonyl (C=O) groups is 2. The summed E-state index contributed by atoms with van der Waals surface area (Å²) >= 11 is 1.66. The second-order valence-electron chi connectivity index (χ2n) is 30.0. The van der Waals surface area contributed by atoms with E-state index in [0.717, 1.165) is 113 Å². The number of alkyl halides is 3. The van der Waals surface area contributed by atoms with E-state index < -0.39 is 19.9 Å². The fraction of sp³-hybridized carbons (Fsp3) is 0.0957. The minimum Gasteiger partial charge on any atom is -0.512 e. The number of rotatable bonds is 14. The zero-order valence-electron chi connectivity index (χ0n) is 77.5. The van der Waals surface area contributed by atoms with E-state index >= 15 is 0 Å². The van der Waals surface area contributed by atoms with Crippen LogP contribution in [0.2, 0.25) is 0 Å². The molecular formula is C115H99F3Ir3N12O4OsPPtS-3. The van der Waals surface area contributed by atoms with Gasteiger partial charge in [-0.25, -0.2) is 11.3 Å². The van der Waals surface area contributed by atoms with Crippen molar-refractivity contribution < 1.29 is 134 Å². The number of aromatic nitrogens is 12. The van der Waals surface area contributed by atoms with Gasteiger partial charge in [-0.15, -0.1) is 155 Å². The number of carbonyl (C=O) groups excluding carboxylic acids is 2. The number of pyridine rings is 5. The Morgan fingerprint density at radius 1 is 0.404 bits per heavy atom. The summed E-state index contributed by atoms with van der Waals surface area (Å²) in [6, 6.07) is 136. The van der Waals surface area contributed by atoms with Crippen molar-refractivity contribution in [3.8, 4) is 89.8 Å². The van der Waals surface area contributed by atoms with Gasteiger partial charge in [0.05, 0.1) is 87.6 Å². The normalized spacial score (nSPS) is 10.6. The number of hydrogen-bond acceptors (Lipinski definition) is 16. The first-order valence-corrected chi connectivity index (χ1v) is 46.5. The number of nitrogens with zero attached hydrogens (tertiary/aromatic N) is 12. The van der Waals surface area contributed by atoms with Crippen molar-refractivity contribution in [1.29, 1.82) is 0 Å². The summed E-state index contributed by atoms with van der Waals surface area (Å²) in [6.45, 7) is 9.84. The van der Waals surface area contributed by atoms with Crippen LogP contribution in [0.25, 0.3) is 101 Å². The number of aliphatic hydroxyl groups is 2. The van der Waals surface area contributed by atoms with E-state index in [9.17, 15) is 22.8 Å². The summed E-state index contributed by atoms with van der Waals surface area (Å²) in [5.41, 5.74) is 20.5. The fourth-order valence-corrected chi connectivity index (χ4v) is 15.4. The van der Waals surface area contributed by atoms with Gasteiger partial charge >= 0.3 is 26.0 Å². The SMILES string of the molecule is CC(=O)C=C(C)O.CC(=O)C=C(C)O.C[PH+](c1ccccc1)c1ccccc1.Cc1ccnc(-c2nc(C(F)(F)F)n[n-]2)c1.[Ir].[Ir].[Ir].[Os+2].[Pt].[c-]1ccccc1-c1ccccn1.[c-]1ccccc1-c1nc2c(nc1-c1ccccc1)CCCC2.[c-]1ccccc1-c1nc2ccccc2nc1-c1ccccc1.[c-]1ccsc1-c1ccccn1.c1ccc(-c2ccccn2)nc1.c1ccc([CH-]c2ccccc2)cc1. The molecule has 0 bridgehead atoms. The Balaban J connectivity index is 0.000000243. The molecule has 1 aliphatic carbocycles. The van der Waals surface area contributed by atoms with Gasteiger partial charge < -0.3 is 30.3 Å². The summed E-state index contributed by atoms with van der Waals surface area (Å²) in [4.78, 5) is 64.7. The minimum absolute atomic E-state index is 0. The Bertz CT molecular complexity index is 6400. The van der Waals surface area contributed by atoms with Crippen molar-refractivity contribution >= 4 is 52.5 Å². The van der Waals surface area contributed by atoms with Crippen molar-refractivity contribution in [2.24, 2.45) is 0 Å². The molecule has 3 radical (unpaired) electrons. The molecule has 26 heteroatoms. The quantitative estimate of drug-likeness (QED) is 0.0446. The zero-order valence-corrected chi connectivity index (χ0v) is 91.3. The van der Waals surface area contributed by atoms with Crippen LogP contribution >= 0.6 is 19.3 Å². The van der Waals surface area contributed by atoms with Gasteiger partial charge in [-0.1, -0.05) is 187 Å². The van der Waals surface area contributed by atoms with E-state index in [-0.39, 0.29) is 136 Å². The summed E-state index contributed by atoms with van der Waals surface area (Å²) in [5, 5.41) is 28.0. The maximum absolute atomic E-state index is 12.2. The molecule has 2 N–H and O–H groups in total. The molecule has 0 spiro atoms. The average Bonchev–Trinajstić information content (AvgIpc) is 1.32. The van der Waals surface area contributed by atoms with Crippen LogP contribution < -0.4 is 15.7 Å². The molecule has 20 rings (SSSR count). The number of thiophene rings is 1. The molecule has 19 aromatic rings. The molecule has 0 aliphatic heterocycles. The van der Waals surface area contributed by atoms with Crippen LogP contribution in [-0.2, 0) is 130 Å². The van der Waals surface area contributed by atoms with Gasteiger partial charge in [-0.3, -0.25) is 49.6 Å². The number of aryl methyl sites for hydroxylation is 3. The first-order valence-electron chi connectivity index (χ1n) is 43.6. The molecule has 0 fully saturated rings. The molecule has 723 valence electrons. The van der Waals surface area contributed by atoms with E-state index in [1.165, 1.54) is 86.3 Å². The van der Waals surface area contributed by atoms with Gasteiger partial charge in [0.2, 0.25) is 0 Å². The Morgan fingerprint density at radius 2 is 0.766 bits per heavy atom. The van der Waals surface area contributed by atoms with Crippen molar-refractivity contribution in [3.63, 3.8) is 0 Å². The van der Waals surface area contributed by atoms with E-state index in [2.05, 4.69) is 229 Å². The Labute approximate surface area is 895 Å². The third kappa shape index (κ3) is 40.6. The molecule has 9 heterocycles. The number of ketones is 2. The molecule has 9 aromatic heterocycles. The number of halogens is 3. The number of allylic oxidation sites excluding steroid dienone is 4. The first kappa shape index (κ1) is 117. The zero-order chi connectivity index (χ0) is 95.7. The largest absolute Gasteiger partial charge is 2.00 e. The van der Waals surface area contributed by atoms with E-state index in [1.807, 2.05) is 212 Å². The number of hydrogen-bond donors (Lipinski definition) is 2. The smallest absolute Gasteiger partial charge is 0.512 e. The summed E-state index contributed by atoms with van der Waals surface area (Å²) < 4.78 is 36.6. The molecule has 0 unspecified atom stereocenters. The molecule has 16 nitrogen and oxygen atoms in total. The van der Waals surface area contributed by atoms with E-state index in [0.29, 0.717) is 0 Å². The van der Waals surface area contributed by atoms with Gasteiger partial charge in [-0.05, 0) is 179 Å². The van der Waals surface area contributed by atoms with Gasteiger partial charge in [0, 0.05) is 136 Å². The molecule has 0 atom stereocenters. The van der Waals surface area contributed by atoms with Gasteiger partial charge in [0.1, 0.15) is 5.82 Å². The second-order valence-corrected chi connectivity index (χ2v) is 33.4. The number of aliphatic hydroxyl groups excluding tert-OH is 2. The van der Waals surface area contributed by atoms with Crippen molar-refractivity contribution in [3.05, 3.63) is 495 Å². The predicted molar refractivity (Wildman–Crippen MR) is 544 cm³/mol. The van der Waals surface area contributed by atoms with Gasteiger partial charge in [0.15, 0.2) is 11.6 Å². The second kappa shape index (κ2) is 64.4. The third-order valence-electron chi connectivity index (χ3n) is 19.3. The van der Waals surface area contributed by atoms with Crippen LogP contribution in [0.5, 0.6) is 0 Å². The van der Waals surface area contributed by atoms with Crippen molar-refractivity contribution in [2.75, 3.05) is 6.66 Å². The molecule has 0 amide bonds. The first-order chi connectivity index (χ1) is 66.3. The van der Waals surface area contributed by atoms with Crippen LogP contribution in [-0.4, -0.2) is 83.4 Å². The van der Waals surface area contributed by atoms with Crippen LogP contribution in [0.3, 0.4) is 0 Å². The summed E-state index contributed by atoms with van der Waals surface area (Å²) in [5.74, 6) is -1.48. The topological polar surface area (TPSA) is 230 Å². The Hall–Kier alpha value is -13.0. The third-order valence-corrected chi connectivity index (χ3v) is 22.6. The minimum atomic E-state index is -4.57. The molecule has 1 aliphatic rings. The Morgan fingerprint density at radius 3 is 1.13 bits per heavy atom. The number of benzene rings is 10. The Kier molecular flexibility index (Phi) is 53.3. The molecule has 0 saturated carbocycles. The van der Waals surface area contributed by atoms with E-state index in [4.69, 9.17) is 30.1 Å². The van der Waals surface area contributed by atoms with Crippen molar-refractivity contribution in [2.45, 2.75) is 66.5 Å². The molecular weight excluding hydrogens is 2700 g/mol. The summed E-state index contributed by atoms with van der Waals surface area (Å²) in [6.07, 6.45) is 13.0. The monoisotopic (exact) mass is 2800 g/mol. The number of para-hydroxylation sites is 2. The van der Waals surface area contributed by atoms with Crippen LogP contribution in [0.15, 0.2) is 430 Å². The predicted octanol–water partition coefficient (Wildman–Crippen LogP) is 26.2. The molecule has 141 heavy (non-hydrogen) atoms. The van der Waals surface area contributed by atoms with Crippen molar-refractivity contribution in [1.82, 2.24) is 60.0 Å². The van der Waals surface area contributed by atoms with Crippen LogP contribution in [0.4, 0.5) is 13.2 Å².